The second-order valence-corrected chi connectivity index (χ2v) is 3.82. The number of nitrogens with zero attached hydrogens (tertiary/aromatic N) is 2. The van der Waals surface area contributed by atoms with Gasteiger partial charge in [-0.25, -0.2) is 4.98 Å². The van der Waals surface area contributed by atoms with E-state index < -0.39 is 0 Å². The van der Waals surface area contributed by atoms with Gasteiger partial charge in [-0.3, -0.25) is 0 Å². The van der Waals surface area contributed by atoms with Crippen LogP contribution in [0.1, 0.15) is 19.0 Å². The van der Waals surface area contributed by atoms with Crippen molar-refractivity contribution < 1.29 is 4.74 Å². The number of ether oxygens (including phenoxy) is 1. The Hall–Kier alpha value is -1.21. The highest BCUT2D eigenvalue weighted by Crippen LogP contribution is 2.25. The van der Waals surface area contributed by atoms with Crippen molar-refractivity contribution in [2.45, 2.75) is 18.2 Å². The van der Waals surface area contributed by atoms with Gasteiger partial charge in [0.2, 0.25) is 0 Å². The van der Waals surface area contributed by atoms with Gasteiger partial charge < -0.3 is 4.74 Å². The second-order valence-electron chi connectivity index (χ2n) is 2.68. The Kier molecular flexibility index (Phi) is 4.27. The van der Waals surface area contributed by atoms with Gasteiger partial charge in [-0.2, -0.15) is 5.26 Å². The molecule has 4 heteroatoms. The molecule has 0 N–H and O–H groups in total. The van der Waals surface area contributed by atoms with Crippen molar-refractivity contribution in [3.63, 3.8) is 0 Å². The van der Waals surface area contributed by atoms with Crippen LogP contribution in [0.5, 0.6) is 5.75 Å². The molecule has 0 aliphatic heterocycles. The molecule has 1 heterocycles. The van der Waals surface area contributed by atoms with E-state index in [9.17, 15) is 0 Å². The highest BCUT2D eigenvalue weighted by Gasteiger charge is 2.05. The van der Waals surface area contributed by atoms with Crippen LogP contribution in [0.2, 0.25) is 0 Å². The molecule has 1 aromatic heterocycles. The van der Waals surface area contributed by atoms with Gasteiger partial charge in [0, 0.05) is 4.90 Å². The average molecular weight is 208 g/mol. The quantitative estimate of drug-likeness (QED) is 0.713. The number of nitriles is 1. The first-order valence-corrected chi connectivity index (χ1v) is 5.37. The van der Waals surface area contributed by atoms with Crippen molar-refractivity contribution in [1.29, 1.82) is 5.26 Å². The summed E-state index contributed by atoms with van der Waals surface area (Å²) < 4.78 is 5.05. The van der Waals surface area contributed by atoms with Gasteiger partial charge in [-0.1, -0.05) is 6.92 Å². The summed E-state index contributed by atoms with van der Waals surface area (Å²) in [5.74, 6) is 1.69. The summed E-state index contributed by atoms with van der Waals surface area (Å²) >= 11 is 1.64. The fraction of sp³-hybridized carbons (Fsp3) is 0.400. The third-order valence-corrected chi connectivity index (χ3v) is 2.87. The van der Waals surface area contributed by atoms with Crippen molar-refractivity contribution >= 4 is 11.8 Å². The first-order chi connectivity index (χ1) is 6.81. The second kappa shape index (κ2) is 5.51. The lowest BCUT2D eigenvalue weighted by Gasteiger charge is -2.04. The van der Waals surface area contributed by atoms with Gasteiger partial charge in [-0.05, 0) is 18.2 Å². The lowest BCUT2D eigenvalue weighted by atomic mass is 10.3. The summed E-state index contributed by atoms with van der Waals surface area (Å²) in [7, 11) is 1.59. The van der Waals surface area contributed by atoms with Gasteiger partial charge >= 0.3 is 0 Å². The Morgan fingerprint density at radius 2 is 2.43 bits per heavy atom. The number of rotatable bonds is 4. The van der Waals surface area contributed by atoms with E-state index in [-0.39, 0.29) is 0 Å². The molecular weight excluding hydrogens is 196 g/mol. The van der Waals surface area contributed by atoms with Gasteiger partial charge in [-0.15, -0.1) is 11.8 Å². The van der Waals surface area contributed by atoms with Crippen molar-refractivity contribution in [3.05, 3.63) is 18.0 Å². The smallest absolute Gasteiger partial charge is 0.154 e. The summed E-state index contributed by atoms with van der Waals surface area (Å²) in [6.45, 7) is 2.10. The molecule has 0 saturated carbocycles. The van der Waals surface area contributed by atoms with E-state index in [1.807, 2.05) is 6.07 Å². The minimum Gasteiger partial charge on any atom is -0.495 e. The zero-order valence-corrected chi connectivity index (χ0v) is 9.10. The van der Waals surface area contributed by atoms with Crippen molar-refractivity contribution in [3.8, 4) is 11.8 Å². The maximum absolute atomic E-state index is 8.81. The average Bonchev–Trinajstić information content (AvgIpc) is 2.25. The van der Waals surface area contributed by atoms with Crippen molar-refractivity contribution in [2.24, 2.45) is 0 Å². The highest BCUT2D eigenvalue weighted by molar-refractivity contribution is 7.99. The molecule has 0 fully saturated rings. The molecule has 0 amide bonds. The molecule has 0 aliphatic carbocycles. The number of hydrogen-bond donors (Lipinski definition) is 0. The Bertz CT molecular complexity index is 346. The number of thioether (sulfide) groups is 1. The Labute approximate surface area is 88.1 Å². The molecule has 0 unspecified atom stereocenters. The maximum Gasteiger partial charge on any atom is 0.154 e. The predicted octanol–water partition coefficient (Wildman–Crippen LogP) is 2.46. The fourth-order valence-electron chi connectivity index (χ4n) is 0.944. The number of methoxy groups -OCH3 is 1. The van der Waals surface area contributed by atoms with Crippen LogP contribution in [-0.4, -0.2) is 17.8 Å². The third-order valence-electron chi connectivity index (χ3n) is 1.63. The molecule has 0 bridgehead atoms. The lowest BCUT2D eigenvalue weighted by molar-refractivity contribution is 0.411. The Morgan fingerprint density at radius 3 is 3.00 bits per heavy atom. The van der Waals surface area contributed by atoms with Gasteiger partial charge in [0.1, 0.15) is 11.8 Å². The zero-order chi connectivity index (χ0) is 10.4. The molecule has 74 valence electrons. The molecule has 0 radical (unpaired) electrons. The zero-order valence-electron chi connectivity index (χ0n) is 8.28. The molecule has 0 aliphatic rings. The number of pyridine rings is 1. The van der Waals surface area contributed by atoms with E-state index in [4.69, 9.17) is 10.00 Å². The summed E-state index contributed by atoms with van der Waals surface area (Å²) in [6, 6.07) is 3.92. The molecule has 1 aromatic rings. The van der Waals surface area contributed by atoms with Crippen LogP contribution in [0.25, 0.3) is 0 Å². The number of hydrogen-bond acceptors (Lipinski definition) is 4. The largest absolute Gasteiger partial charge is 0.495 e. The first-order valence-electron chi connectivity index (χ1n) is 4.38. The minimum absolute atomic E-state index is 0.476. The monoisotopic (exact) mass is 208 g/mol. The first kappa shape index (κ1) is 10.9. The van der Waals surface area contributed by atoms with Crippen LogP contribution in [0.15, 0.2) is 17.2 Å². The molecule has 0 aromatic carbocycles. The molecular formula is C10H12N2OS. The van der Waals surface area contributed by atoms with Crippen molar-refractivity contribution in [2.75, 3.05) is 12.9 Å². The minimum atomic E-state index is 0.476. The maximum atomic E-state index is 8.81. The predicted molar refractivity (Wildman–Crippen MR) is 56.5 cm³/mol. The lowest BCUT2D eigenvalue weighted by Crippen LogP contribution is -1.91. The van der Waals surface area contributed by atoms with Crippen LogP contribution < -0.4 is 4.74 Å². The fourth-order valence-corrected chi connectivity index (χ4v) is 1.80. The van der Waals surface area contributed by atoms with Crippen LogP contribution in [-0.2, 0) is 0 Å². The standard InChI is InChI=1S/C10H12N2OS/c1-3-4-14-10-5-8(13-2)7-12-9(10)6-11/h5,7H,3-4H2,1-2H3. The topological polar surface area (TPSA) is 45.9 Å². The van der Waals surface area contributed by atoms with Gasteiger partial charge in [0.15, 0.2) is 5.69 Å². The van der Waals surface area contributed by atoms with Crippen LogP contribution in [0.3, 0.4) is 0 Å². The normalized spacial score (nSPS) is 9.50. The summed E-state index contributed by atoms with van der Waals surface area (Å²) in [5.41, 5.74) is 0.476. The van der Waals surface area contributed by atoms with E-state index in [1.165, 1.54) is 0 Å². The van der Waals surface area contributed by atoms with Gasteiger partial charge in [0.05, 0.1) is 13.3 Å². The van der Waals surface area contributed by atoms with E-state index in [2.05, 4.69) is 18.0 Å². The van der Waals surface area contributed by atoms with Gasteiger partial charge in [0.25, 0.3) is 0 Å². The van der Waals surface area contributed by atoms with Crippen LogP contribution in [0, 0.1) is 11.3 Å². The van der Waals surface area contributed by atoms with Crippen LogP contribution in [0.4, 0.5) is 0 Å². The summed E-state index contributed by atoms with van der Waals surface area (Å²) in [4.78, 5) is 4.91. The number of aromatic nitrogens is 1. The Morgan fingerprint density at radius 1 is 1.64 bits per heavy atom. The molecule has 0 spiro atoms. The molecule has 1 rings (SSSR count). The Balaban J connectivity index is 2.91. The molecule has 0 saturated heterocycles. The molecule has 0 atom stereocenters. The van der Waals surface area contributed by atoms with E-state index >= 15 is 0 Å². The SMILES string of the molecule is CCCSc1cc(OC)cnc1C#N. The van der Waals surface area contributed by atoms with E-state index in [0.717, 1.165) is 17.1 Å². The highest BCUT2D eigenvalue weighted by atomic mass is 32.2. The molecule has 14 heavy (non-hydrogen) atoms. The third kappa shape index (κ3) is 2.64. The molecule has 3 nitrogen and oxygen atoms in total. The summed E-state index contributed by atoms with van der Waals surface area (Å²) in [5, 5.41) is 8.81. The van der Waals surface area contributed by atoms with E-state index in [1.54, 1.807) is 25.1 Å². The van der Waals surface area contributed by atoms with Crippen LogP contribution >= 0.6 is 11.8 Å². The van der Waals surface area contributed by atoms with E-state index in [0.29, 0.717) is 11.4 Å². The van der Waals surface area contributed by atoms with Crippen molar-refractivity contribution in [1.82, 2.24) is 4.98 Å². The summed E-state index contributed by atoms with van der Waals surface area (Å²) in [6.07, 6.45) is 2.64.